The molecule has 1 aliphatic rings. The van der Waals surface area contributed by atoms with Crippen molar-refractivity contribution in [1.29, 1.82) is 0 Å². The molecule has 1 aromatic rings. The van der Waals surface area contributed by atoms with Crippen molar-refractivity contribution in [1.82, 2.24) is 10.2 Å². The van der Waals surface area contributed by atoms with Gasteiger partial charge in [-0.15, -0.1) is 0 Å². The number of anilines is 1. The highest BCUT2D eigenvalue weighted by atomic mass is 32.2. The van der Waals surface area contributed by atoms with Gasteiger partial charge in [0.15, 0.2) is 9.84 Å². The molecule has 1 heterocycles. The van der Waals surface area contributed by atoms with Crippen LogP contribution in [-0.2, 0) is 24.2 Å². The van der Waals surface area contributed by atoms with Crippen molar-refractivity contribution in [3.05, 3.63) is 30.3 Å². The maximum Gasteiger partial charge on any atom is 0.413 e. The van der Waals surface area contributed by atoms with E-state index in [1.165, 1.54) is 4.90 Å². The number of hydrogen-bond acceptors (Lipinski definition) is 7. The van der Waals surface area contributed by atoms with E-state index in [2.05, 4.69) is 10.1 Å². The van der Waals surface area contributed by atoms with Crippen LogP contribution in [0.1, 0.15) is 20.3 Å². The second-order valence-electron chi connectivity index (χ2n) is 6.73. The molecule has 0 unspecified atom stereocenters. The van der Waals surface area contributed by atoms with E-state index in [1.54, 1.807) is 43.0 Å². The Bertz CT molecular complexity index is 828. The smallest absolute Gasteiger partial charge is 0.413 e. The number of carbonyl (C=O) groups is 3. The molecule has 3 amide bonds. The van der Waals surface area contributed by atoms with Crippen LogP contribution in [0.3, 0.4) is 0 Å². The summed E-state index contributed by atoms with van der Waals surface area (Å²) >= 11 is 0. The van der Waals surface area contributed by atoms with Gasteiger partial charge in [0.25, 0.3) is 0 Å². The van der Waals surface area contributed by atoms with Crippen LogP contribution < -0.4 is 10.2 Å². The normalized spacial score (nSPS) is 17.7. The predicted molar refractivity (Wildman–Crippen MR) is 108 cm³/mol. The summed E-state index contributed by atoms with van der Waals surface area (Å²) in [5, 5.41) is 2.10. The van der Waals surface area contributed by atoms with Crippen LogP contribution in [0.2, 0.25) is 0 Å². The van der Waals surface area contributed by atoms with Gasteiger partial charge in [0.05, 0.1) is 37.2 Å². The van der Waals surface area contributed by atoms with Crippen LogP contribution >= 0.6 is 0 Å². The summed E-state index contributed by atoms with van der Waals surface area (Å²) in [7, 11) is -3.18. The van der Waals surface area contributed by atoms with Crippen LogP contribution in [0.15, 0.2) is 30.3 Å². The molecule has 1 N–H and O–H groups in total. The van der Waals surface area contributed by atoms with Gasteiger partial charge in [0, 0.05) is 5.69 Å². The number of para-hydroxylation sites is 1. The van der Waals surface area contributed by atoms with Crippen LogP contribution in [0.5, 0.6) is 0 Å². The van der Waals surface area contributed by atoms with Crippen molar-refractivity contribution in [2.45, 2.75) is 26.3 Å². The summed E-state index contributed by atoms with van der Waals surface area (Å²) in [5.74, 6) is -0.909. The first-order chi connectivity index (χ1) is 13.8. The summed E-state index contributed by atoms with van der Waals surface area (Å²) in [6.45, 7) is 3.71. The number of nitrogens with one attached hydrogen (secondary N) is 1. The number of imide groups is 1. The summed E-state index contributed by atoms with van der Waals surface area (Å²) in [5.41, 5.74) is 0.617. The van der Waals surface area contributed by atoms with E-state index in [0.717, 1.165) is 0 Å². The molecule has 9 nitrogen and oxygen atoms in total. The number of alkyl carbamates (subject to hydrolysis) is 1. The van der Waals surface area contributed by atoms with Gasteiger partial charge in [-0.05, 0) is 32.0 Å². The number of hydrogen-bond donors (Lipinski definition) is 1. The highest BCUT2D eigenvalue weighted by Gasteiger charge is 2.36. The van der Waals surface area contributed by atoms with E-state index in [9.17, 15) is 22.8 Å². The molecule has 0 saturated carbocycles. The van der Waals surface area contributed by atoms with Crippen molar-refractivity contribution in [3.8, 4) is 0 Å². The molecule has 1 aliphatic heterocycles. The highest BCUT2D eigenvalue weighted by molar-refractivity contribution is 7.91. The maximum absolute atomic E-state index is 13.1. The fourth-order valence-electron chi connectivity index (χ4n) is 3.20. The average Bonchev–Trinajstić information content (AvgIpc) is 3.01. The second-order valence-corrected chi connectivity index (χ2v) is 8.96. The topological polar surface area (TPSA) is 113 Å². The van der Waals surface area contributed by atoms with Gasteiger partial charge in [-0.3, -0.25) is 19.8 Å². The monoisotopic (exact) mass is 425 g/mol. The Labute approximate surface area is 170 Å². The lowest BCUT2D eigenvalue weighted by Gasteiger charge is -2.30. The first-order valence-corrected chi connectivity index (χ1v) is 11.3. The third-order valence-corrected chi connectivity index (χ3v) is 6.32. The number of carbonyl (C=O) groups excluding carboxylic acids is 3. The van der Waals surface area contributed by atoms with E-state index in [0.29, 0.717) is 18.7 Å². The van der Waals surface area contributed by atoms with Crippen LogP contribution in [-0.4, -0.2) is 75.0 Å². The molecule has 1 atom stereocenters. The first kappa shape index (κ1) is 22.8. The van der Waals surface area contributed by atoms with Crippen LogP contribution in [0, 0.1) is 0 Å². The van der Waals surface area contributed by atoms with Gasteiger partial charge in [-0.25, -0.2) is 13.2 Å². The van der Waals surface area contributed by atoms with Crippen molar-refractivity contribution in [3.63, 3.8) is 0 Å². The standard InChI is InChI=1S/C19H27N3O6S/c1-3-21(12-17(23)20-19(25)28-4-2)13-18(24)22(15-8-6-5-7-9-15)16-10-11-29(26,27)14-16/h5-9,16H,3-4,10-14H2,1-2H3,(H,20,23,25)/t16-/m0/s1. The van der Waals surface area contributed by atoms with Crippen LogP contribution in [0.25, 0.3) is 0 Å². The molecule has 0 aliphatic carbocycles. The SMILES string of the molecule is CCOC(=O)NC(=O)CN(CC)CC(=O)N(c1ccccc1)[C@H]1CCS(=O)(=O)C1. The Morgan fingerprint density at radius 3 is 2.38 bits per heavy atom. The van der Waals surface area contributed by atoms with Crippen LogP contribution in [0.4, 0.5) is 10.5 Å². The molecule has 160 valence electrons. The second kappa shape index (κ2) is 10.4. The first-order valence-electron chi connectivity index (χ1n) is 9.52. The number of rotatable bonds is 8. The lowest BCUT2D eigenvalue weighted by Crippen LogP contribution is -2.48. The van der Waals surface area contributed by atoms with Gasteiger partial charge < -0.3 is 9.64 Å². The molecule has 2 rings (SSSR count). The Balaban J connectivity index is 2.09. The summed E-state index contributed by atoms with van der Waals surface area (Å²) in [4.78, 5) is 39.5. The lowest BCUT2D eigenvalue weighted by atomic mass is 10.1. The molecule has 1 saturated heterocycles. The minimum atomic E-state index is -3.18. The van der Waals surface area contributed by atoms with Gasteiger partial charge >= 0.3 is 6.09 Å². The fourth-order valence-corrected chi connectivity index (χ4v) is 4.90. The zero-order chi connectivity index (χ0) is 21.4. The lowest BCUT2D eigenvalue weighted by molar-refractivity contribution is -0.123. The average molecular weight is 426 g/mol. The van der Waals surface area contributed by atoms with Crippen molar-refractivity contribution in [2.75, 3.05) is 42.6 Å². The van der Waals surface area contributed by atoms with Crippen molar-refractivity contribution < 1.29 is 27.5 Å². The Hall–Kier alpha value is -2.46. The Morgan fingerprint density at radius 2 is 1.83 bits per heavy atom. The van der Waals surface area contributed by atoms with Crippen molar-refractivity contribution >= 4 is 33.4 Å². The molecule has 0 radical (unpaired) electrons. The third kappa shape index (κ3) is 6.82. The van der Waals surface area contributed by atoms with Crippen molar-refractivity contribution in [2.24, 2.45) is 0 Å². The predicted octanol–water partition coefficient (Wildman–Crippen LogP) is 0.801. The minimum absolute atomic E-state index is 0.0493. The zero-order valence-electron chi connectivity index (χ0n) is 16.7. The Morgan fingerprint density at radius 1 is 1.14 bits per heavy atom. The number of likely N-dealkylation sites (N-methyl/N-ethyl adjacent to an activating group) is 1. The highest BCUT2D eigenvalue weighted by Crippen LogP contribution is 2.24. The van der Waals surface area contributed by atoms with E-state index < -0.39 is 27.9 Å². The van der Waals surface area contributed by atoms with E-state index in [4.69, 9.17) is 0 Å². The number of sulfone groups is 1. The van der Waals surface area contributed by atoms with E-state index in [-0.39, 0.29) is 37.1 Å². The quantitative estimate of drug-likeness (QED) is 0.655. The summed E-state index contributed by atoms with van der Waals surface area (Å²) in [6, 6.07) is 8.45. The van der Waals surface area contributed by atoms with Gasteiger partial charge in [-0.2, -0.15) is 0 Å². The molecule has 1 fully saturated rings. The molecule has 0 bridgehead atoms. The molecular formula is C19H27N3O6S. The number of benzene rings is 1. The molecule has 29 heavy (non-hydrogen) atoms. The zero-order valence-corrected chi connectivity index (χ0v) is 17.5. The fraction of sp³-hybridized carbons (Fsp3) is 0.526. The molecule has 0 aromatic heterocycles. The van der Waals surface area contributed by atoms with E-state index in [1.807, 2.05) is 6.07 Å². The molecule has 1 aromatic carbocycles. The van der Waals surface area contributed by atoms with Gasteiger partial charge in [0.1, 0.15) is 0 Å². The van der Waals surface area contributed by atoms with Gasteiger partial charge in [0.2, 0.25) is 11.8 Å². The third-order valence-electron chi connectivity index (χ3n) is 4.57. The number of ether oxygens (including phenoxy) is 1. The maximum atomic E-state index is 13.1. The van der Waals surface area contributed by atoms with Gasteiger partial charge in [-0.1, -0.05) is 25.1 Å². The number of nitrogens with zero attached hydrogens (tertiary/aromatic N) is 2. The summed E-state index contributed by atoms with van der Waals surface area (Å²) < 4.78 is 28.5. The summed E-state index contributed by atoms with van der Waals surface area (Å²) in [6.07, 6.45) is -0.458. The van der Waals surface area contributed by atoms with E-state index >= 15 is 0 Å². The molecular weight excluding hydrogens is 398 g/mol. The minimum Gasteiger partial charge on any atom is -0.450 e. The Kier molecular flexibility index (Phi) is 8.15. The molecule has 10 heteroatoms. The molecule has 0 spiro atoms. The number of amides is 3. The largest absolute Gasteiger partial charge is 0.450 e.